The Kier molecular flexibility index (Phi) is 5.42. The van der Waals surface area contributed by atoms with Gasteiger partial charge in [0.25, 0.3) is 0 Å². The summed E-state index contributed by atoms with van der Waals surface area (Å²) in [5.74, 6) is -0.878. The van der Waals surface area contributed by atoms with Crippen LogP contribution in [-0.2, 0) is 17.4 Å². The predicted octanol–water partition coefficient (Wildman–Crippen LogP) is 5.92. The molecule has 2 heterocycles. The quantitative estimate of drug-likeness (QED) is 0.368. The van der Waals surface area contributed by atoms with E-state index in [1.165, 1.54) is 12.1 Å². The van der Waals surface area contributed by atoms with E-state index in [1.807, 2.05) is 0 Å². The van der Waals surface area contributed by atoms with Crippen molar-refractivity contribution in [3.8, 4) is 22.6 Å². The Morgan fingerprint density at radius 3 is 2.65 bits per heavy atom. The highest BCUT2D eigenvalue weighted by Crippen LogP contribution is 2.47. The summed E-state index contributed by atoms with van der Waals surface area (Å²) in [5.41, 5.74) is 1.34. The molecule has 0 bridgehead atoms. The number of carboxylic acid groups (broad SMARTS) is 1. The highest BCUT2D eigenvalue weighted by molar-refractivity contribution is 5.74. The van der Waals surface area contributed by atoms with E-state index < -0.39 is 29.8 Å². The van der Waals surface area contributed by atoms with Crippen LogP contribution in [0.1, 0.15) is 47.1 Å². The first-order chi connectivity index (χ1) is 16.2. The third-order valence-electron chi connectivity index (χ3n) is 6.24. The summed E-state index contributed by atoms with van der Waals surface area (Å²) in [4.78, 5) is 14.6. The highest BCUT2D eigenvalue weighted by Gasteiger charge is 2.38. The van der Waals surface area contributed by atoms with Crippen LogP contribution < -0.4 is 9.47 Å². The van der Waals surface area contributed by atoms with Crippen molar-refractivity contribution >= 4 is 5.97 Å². The molecule has 1 unspecified atom stereocenters. The molecule has 2 aliphatic rings. The van der Waals surface area contributed by atoms with Crippen molar-refractivity contribution in [1.82, 2.24) is 4.98 Å². The van der Waals surface area contributed by atoms with Crippen LogP contribution in [0.25, 0.3) is 11.1 Å². The molecule has 1 aliphatic carbocycles. The fourth-order valence-electron chi connectivity index (χ4n) is 4.75. The van der Waals surface area contributed by atoms with Crippen molar-refractivity contribution in [3.05, 3.63) is 76.9 Å². The zero-order valence-electron chi connectivity index (χ0n) is 17.7. The first kappa shape index (κ1) is 22.2. The monoisotopic (exact) mass is 473 g/mol. The normalized spacial score (nSPS) is 18.8. The van der Waals surface area contributed by atoms with Gasteiger partial charge in [-0.1, -0.05) is 12.1 Å². The molecule has 0 spiro atoms. The Labute approximate surface area is 192 Å². The lowest BCUT2D eigenvalue weighted by Gasteiger charge is -2.19. The van der Waals surface area contributed by atoms with Crippen molar-refractivity contribution in [3.63, 3.8) is 0 Å². The fraction of sp³-hybridized carbons (Fsp3) is 0.280. The molecule has 0 saturated heterocycles. The summed E-state index contributed by atoms with van der Waals surface area (Å²) in [6.45, 7) is 0.270. The van der Waals surface area contributed by atoms with Crippen LogP contribution in [0, 0.1) is 5.95 Å². The van der Waals surface area contributed by atoms with Crippen molar-refractivity contribution in [1.29, 1.82) is 0 Å². The number of halogens is 4. The second-order valence-corrected chi connectivity index (χ2v) is 8.37. The molecule has 0 radical (unpaired) electrons. The van der Waals surface area contributed by atoms with Gasteiger partial charge in [0.15, 0.2) is 0 Å². The number of hydrogen-bond donors (Lipinski definition) is 1. The summed E-state index contributed by atoms with van der Waals surface area (Å²) in [6.07, 6.45) is -3.15. The SMILES string of the molecule is O=C(O)CC1COc2cc(O[C@@H]3CCc4c3ccc(C(F)(F)F)c4-c3ccc(F)nc3)ccc21. The average Bonchev–Trinajstić information content (AvgIpc) is 3.37. The Hall–Kier alpha value is -3.62. The Morgan fingerprint density at radius 1 is 1.15 bits per heavy atom. The first-order valence-electron chi connectivity index (χ1n) is 10.7. The minimum Gasteiger partial charge on any atom is -0.492 e. The molecule has 0 amide bonds. The van der Waals surface area contributed by atoms with Gasteiger partial charge < -0.3 is 14.6 Å². The van der Waals surface area contributed by atoms with Gasteiger partial charge in [-0.25, -0.2) is 4.98 Å². The van der Waals surface area contributed by atoms with E-state index in [1.54, 1.807) is 18.2 Å². The third kappa shape index (κ3) is 4.06. The molecule has 1 N–H and O–H groups in total. The number of carboxylic acids is 1. The van der Waals surface area contributed by atoms with Gasteiger partial charge in [0.1, 0.15) is 17.6 Å². The first-order valence-corrected chi connectivity index (χ1v) is 10.7. The maximum Gasteiger partial charge on any atom is 0.417 e. The summed E-state index contributed by atoms with van der Waals surface area (Å²) in [7, 11) is 0. The number of fused-ring (bicyclic) bond motifs is 2. The van der Waals surface area contributed by atoms with Gasteiger partial charge in [0.2, 0.25) is 5.95 Å². The van der Waals surface area contributed by atoms with E-state index in [4.69, 9.17) is 14.6 Å². The zero-order chi connectivity index (χ0) is 24.0. The standard InChI is InChI=1S/C25H19F4NO4/c26-22-8-1-13(11-30-22)24-18-5-7-20(17(18)4-6-19(24)25(27,28)29)34-15-2-3-16-14(9-23(31)32)12-33-21(16)10-15/h1-4,6,8,10-11,14,20H,5,7,9,12H2,(H,31,32)/t14?,20-/m1/s1. The number of alkyl halides is 3. The van der Waals surface area contributed by atoms with Crippen LogP contribution in [0.15, 0.2) is 48.7 Å². The van der Waals surface area contributed by atoms with Crippen molar-refractivity contribution in [2.24, 2.45) is 0 Å². The molecular weight excluding hydrogens is 454 g/mol. The molecule has 0 saturated carbocycles. The van der Waals surface area contributed by atoms with E-state index in [9.17, 15) is 22.4 Å². The minimum absolute atomic E-state index is 0.00241. The zero-order valence-corrected chi connectivity index (χ0v) is 17.7. The average molecular weight is 473 g/mol. The Bertz CT molecular complexity index is 1260. The maximum absolute atomic E-state index is 13.8. The van der Waals surface area contributed by atoms with Crippen molar-refractivity contribution < 1.29 is 36.9 Å². The molecular formula is C25H19F4NO4. The van der Waals surface area contributed by atoms with Gasteiger partial charge in [-0.05, 0) is 53.8 Å². The van der Waals surface area contributed by atoms with E-state index in [0.29, 0.717) is 35.5 Å². The van der Waals surface area contributed by atoms with Gasteiger partial charge in [0, 0.05) is 29.3 Å². The third-order valence-corrected chi connectivity index (χ3v) is 6.24. The molecule has 2 aromatic carbocycles. The van der Waals surface area contributed by atoms with Crippen LogP contribution in [0.4, 0.5) is 17.6 Å². The maximum atomic E-state index is 13.8. The Morgan fingerprint density at radius 2 is 1.94 bits per heavy atom. The molecule has 176 valence electrons. The number of rotatable bonds is 5. The smallest absolute Gasteiger partial charge is 0.417 e. The van der Waals surface area contributed by atoms with Crippen LogP contribution in [0.3, 0.4) is 0 Å². The van der Waals surface area contributed by atoms with Gasteiger partial charge in [-0.15, -0.1) is 0 Å². The van der Waals surface area contributed by atoms with E-state index in [-0.39, 0.29) is 30.1 Å². The number of pyridine rings is 1. The second-order valence-electron chi connectivity index (χ2n) is 8.37. The predicted molar refractivity (Wildman–Crippen MR) is 113 cm³/mol. The number of hydrogen-bond acceptors (Lipinski definition) is 4. The largest absolute Gasteiger partial charge is 0.492 e. The van der Waals surface area contributed by atoms with Crippen LogP contribution in [-0.4, -0.2) is 22.7 Å². The number of benzene rings is 2. The molecule has 1 aromatic heterocycles. The van der Waals surface area contributed by atoms with Crippen LogP contribution in [0.2, 0.25) is 0 Å². The van der Waals surface area contributed by atoms with Crippen LogP contribution >= 0.6 is 0 Å². The van der Waals surface area contributed by atoms with Gasteiger partial charge in [-0.3, -0.25) is 4.79 Å². The number of nitrogens with zero attached hydrogens (tertiary/aromatic N) is 1. The van der Waals surface area contributed by atoms with Crippen LogP contribution in [0.5, 0.6) is 11.5 Å². The number of carbonyl (C=O) groups is 1. The van der Waals surface area contributed by atoms with E-state index in [2.05, 4.69) is 4.98 Å². The summed E-state index contributed by atoms with van der Waals surface area (Å²) in [6, 6.07) is 9.97. The lowest BCUT2D eigenvalue weighted by molar-refractivity contribution is -0.138. The van der Waals surface area contributed by atoms with Gasteiger partial charge in [0.05, 0.1) is 18.6 Å². The lowest BCUT2D eigenvalue weighted by Crippen LogP contribution is -2.10. The van der Waals surface area contributed by atoms with Gasteiger partial charge in [-0.2, -0.15) is 17.6 Å². The molecule has 9 heteroatoms. The second kappa shape index (κ2) is 8.30. The van der Waals surface area contributed by atoms with E-state index >= 15 is 0 Å². The minimum atomic E-state index is -4.58. The molecule has 5 nitrogen and oxygen atoms in total. The molecule has 0 fully saturated rings. The lowest BCUT2D eigenvalue weighted by atomic mass is 9.92. The molecule has 2 atom stereocenters. The number of aromatic nitrogens is 1. The van der Waals surface area contributed by atoms with Gasteiger partial charge >= 0.3 is 12.1 Å². The molecule has 1 aliphatic heterocycles. The summed E-state index contributed by atoms with van der Waals surface area (Å²) < 4.78 is 66.4. The fourth-order valence-corrected chi connectivity index (χ4v) is 4.75. The number of aliphatic carboxylic acids is 1. The molecule has 3 aromatic rings. The summed E-state index contributed by atoms with van der Waals surface area (Å²) in [5, 5.41) is 9.05. The molecule has 5 rings (SSSR count). The summed E-state index contributed by atoms with van der Waals surface area (Å²) >= 11 is 0. The number of ether oxygens (including phenoxy) is 2. The van der Waals surface area contributed by atoms with Crippen molar-refractivity contribution in [2.45, 2.75) is 37.5 Å². The molecule has 34 heavy (non-hydrogen) atoms. The Balaban J connectivity index is 1.47. The topological polar surface area (TPSA) is 68.7 Å². The highest BCUT2D eigenvalue weighted by atomic mass is 19.4. The van der Waals surface area contributed by atoms with E-state index in [0.717, 1.165) is 23.9 Å². The van der Waals surface area contributed by atoms with Crippen molar-refractivity contribution in [2.75, 3.05) is 6.61 Å².